The number of carbonyl (C=O) groups excluding carboxylic acids is 4. The zero-order valence-corrected chi connectivity index (χ0v) is 24.2. The van der Waals surface area contributed by atoms with Crippen LogP contribution in [0.4, 0.5) is 26.3 Å². The molecule has 4 aliphatic rings. The van der Waals surface area contributed by atoms with Crippen LogP contribution in [0.2, 0.25) is 0 Å². The van der Waals surface area contributed by atoms with E-state index in [0.29, 0.717) is 12.3 Å². The first kappa shape index (κ1) is 33.6. The zero-order valence-electron chi connectivity index (χ0n) is 23.4. The molecule has 0 aromatic carbocycles. The van der Waals surface area contributed by atoms with Crippen LogP contribution in [0.1, 0.15) is 52.9 Å². The highest BCUT2D eigenvalue weighted by Gasteiger charge is 2.61. The van der Waals surface area contributed by atoms with Crippen molar-refractivity contribution in [3.63, 3.8) is 0 Å². The zero-order chi connectivity index (χ0) is 32.0. The SMILES string of the molecule is CC(C)(C)[C@H](NC(=O)C(F)(F)F)C(=O)N1[C@@H]2CC[C@H]([C@@H]1C(=O)N[C@H](/C=C(/F)S(C)(=O)=O)C[C@H]1CCNC1=O)C(F)(F)C2. The van der Waals surface area contributed by atoms with Crippen molar-refractivity contribution in [3.05, 3.63) is 11.2 Å². The minimum absolute atomic E-state index is 0.00808. The summed E-state index contributed by atoms with van der Waals surface area (Å²) in [5.74, 6) is -11.3. The van der Waals surface area contributed by atoms with Crippen LogP contribution < -0.4 is 16.0 Å². The van der Waals surface area contributed by atoms with E-state index in [1.165, 1.54) is 20.8 Å². The van der Waals surface area contributed by atoms with Crippen LogP contribution in [0.25, 0.3) is 0 Å². The Labute approximate surface area is 238 Å². The molecule has 42 heavy (non-hydrogen) atoms. The summed E-state index contributed by atoms with van der Waals surface area (Å²) in [5, 5.41) is 4.81. The summed E-state index contributed by atoms with van der Waals surface area (Å²) in [4.78, 5) is 52.0. The molecule has 0 unspecified atom stereocenters. The summed E-state index contributed by atoms with van der Waals surface area (Å²) < 4.78 is 107. The average Bonchev–Trinajstić information content (AvgIpc) is 3.22. The second-order valence-electron chi connectivity index (χ2n) is 12.1. The fraction of sp³-hybridized carbons (Fsp3) is 0.760. The first-order valence-electron chi connectivity index (χ1n) is 13.3. The standard InChI is InChI=1S/C25H34F6N4O6S/c1-23(2,3)18(34-22(39)25(29,30)31)21(38)35-14-5-6-15(24(27,28)11-14)17(35)20(37)33-13(10-16(26)42(4,40)41)9-12-7-8-32-19(12)36/h10,12-15,17-18H,5-9,11H2,1-4H3,(H,32,36)(H,33,37)(H,34,39)/b16-10-/t12-,13+,14-,15-,17-,18-/m1/s1. The van der Waals surface area contributed by atoms with Gasteiger partial charge in [-0.2, -0.15) is 17.6 Å². The highest BCUT2D eigenvalue weighted by molar-refractivity contribution is 7.94. The predicted molar refractivity (Wildman–Crippen MR) is 136 cm³/mol. The first-order chi connectivity index (χ1) is 19.0. The van der Waals surface area contributed by atoms with Gasteiger partial charge in [-0.25, -0.2) is 17.2 Å². The molecule has 238 valence electrons. The molecule has 3 saturated heterocycles. The van der Waals surface area contributed by atoms with Crippen LogP contribution in [0.5, 0.6) is 0 Å². The maximum atomic E-state index is 15.1. The fourth-order valence-electron chi connectivity index (χ4n) is 5.73. The molecule has 17 heteroatoms. The molecular formula is C25H34F6N4O6S. The Kier molecular flexibility index (Phi) is 9.36. The van der Waals surface area contributed by atoms with Gasteiger partial charge in [0.05, 0.1) is 12.0 Å². The van der Waals surface area contributed by atoms with E-state index in [4.69, 9.17) is 0 Å². The number of carbonyl (C=O) groups is 4. The smallest absolute Gasteiger partial charge is 0.356 e. The lowest BCUT2D eigenvalue weighted by Crippen LogP contribution is -2.71. The summed E-state index contributed by atoms with van der Waals surface area (Å²) >= 11 is 0. The molecule has 0 aromatic heterocycles. The van der Waals surface area contributed by atoms with Gasteiger partial charge in [-0.05, 0) is 37.2 Å². The lowest BCUT2D eigenvalue weighted by atomic mass is 9.70. The number of halogens is 6. The van der Waals surface area contributed by atoms with E-state index >= 15 is 8.78 Å². The third-order valence-corrected chi connectivity index (χ3v) is 8.66. The van der Waals surface area contributed by atoms with E-state index in [1.807, 2.05) is 0 Å². The third kappa shape index (κ3) is 7.37. The van der Waals surface area contributed by atoms with Gasteiger partial charge in [-0.15, -0.1) is 0 Å². The minimum Gasteiger partial charge on any atom is -0.356 e. The van der Waals surface area contributed by atoms with Gasteiger partial charge in [0.1, 0.15) is 12.1 Å². The number of sulfone groups is 1. The van der Waals surface area contributed by atoms with Crippen molar-refractivity contribution in [2.75, 3.05) is 12.8 Å². The number of hydrogen-bond donors (Lipinski definition) is 3. The predicted octanol–water partition coefficient (Wildman–Crippen LogP) is 1.96. The average molecular weight is 633 g/mol. The van der Waals surface area contributed by atoms with Crippen LogP contribution in [0.3, 0.4) is 0 Å². The molecule has 0 aromatic rings. The molecule has 4 fully saturated rings. The summed E-state index contributed by atoms with van der Waals surface area (Å²) in [6.07, 6.45) is -5.38. The normalized spacial score (nSPS) is 27.7. The van der Waals surface area contributed by atoms with Crippen LogP contribution >= 0.6 is 0 Å². The molecule has 10 nitrogen and oxygen atoms in total. The molecule has 3 aliphatic heterocycles. The van der Waals surface area contributed by atoms with Crippen molar-refractivity contribution in [2.24, 2.45) is 17.3 Å². The number of fused-ring (bicyclic) bond motifs is 3. The molecule has 4 amide bonds. The Balaban J connectivity index is 2.00. The number of hydrogen-bond acceptors (Lipinski definition) is 6. The Bertz CT molecular complexity index is 1250. The van der Waals surface area contributed by atoms with E-state index in [2.05, 4.69) is 10.6 Å². The van der Waals surface area contributed by atoms with Gasteiger partial charge in [0, 0.05) is 31.2 Å². The van der Waals surface area contributed by atoms with E-state index in [1.54, 1.807) is 5.32 Å². The summed E-state index contributed by atoms with van der Waals surface area (Å²) in [5.41, 5.74) is -1.35. The van der Waals surface area contributed by atoms with Crippen LogP contribution in [-0.4, -0.2) is 86.0 Å². The fourth-order valence-corrected chi connectivity index (χ4v) is 6.14. The summed E-state index contributed by atoms with van der Waals surface area (Å²) in [7, 11) is -4.38. The minimum atomic E-state index is -5.36. The Hall–Kier alpha value is -2.85. The Morgan fingerprint density at radius 1 is 1.12 bits per heavy atom. The largest absolute Gasteiger partial charge is 0.471 e. The molecule has 4 rings (SSSR count). The first-order valence-corrected chi connectivity index (χ1v) is 15.2. The third-order valence-electron chi connectivity index (χ3n) is 7.82. The maximum Gasteiger partial charge on any atom is 0.471 e. The molecule has 2 bridgehead atoms. The van der Waals surface area contributed by atoms with Crippen molar-refractivity contribution < 1.29 is 53.9 Å². The molecule has 1 saturated carbocycles. The second-order valence-corrected chi connectivity index (χ2v) is 14.1. The highest BCUT2D eigenvalue weighted by atomic mass is 32.2. The van der Waals surface area contributed by atoms with E-state index < -0.39 is 98.6 Å². The highest BCUT2D eigenvalue weighted by Crippen LogP contribution is 2.49. The molecule has 6 atom stereocenters. The van der Waals surface area contributed by atoms with E-state index in [-0.39, 0.29) is 32.2 Å². The molecule has 3 N–H and O–H groups in total. The molecule has 1 aliphatic carbocycles. The quantitative estimate of drug-likeness (QED) is 0.350. The Morgan fingerprint density at radius 2 is 1.74 bits per heavy atom. The number of amides is 4. The van der Waals surface area contributed by atoms with Crippen LogP contribution in [0.15, 0.2) is 11.2 Å². The number of nitrogens with one attached hydrogen (secondary N) is 3. The topological polar surface area (TPSA) is 142 Å². The van der Waals surface area contributed by atoms with Crippen molar-refractivity contribution in [3.8, 4) is 0 Å². The van der Waals surface area contributed by atoms with E-state index in [9.17, 15) is 45.2 Å². The second kappa shape index (κ2) is 11.7. The molecule has 3 heterocycles. The maximum absolute atomic E-state index is 15.1. The lowest BCUT2D eigenvalue weighted by molar-refractivity contribution is -0.197. The van der Waals surface area contributed by atoms with Gasteiger partial charge in [-0.3, -0.25) is 19.2 Å². The molecular weight excluding hydrogens is 598 g/mol. The van der Waals surface area contributed by atoms with Crippen molar-refractivity contribution in [2.45, 2.75) is 89.1 Å². The summed E-state index contributed by atoms with van der Waals surface area (Å²) in [6.45, 7) is 4.31. The van der Waals surface area contributed by atoms with Gasteiger partial charge in [0.15, 0.2) is 0 Å². The van der Waals surface area contributed by atoms with Gasteiger partial charge in [0.2, 0.25) is 32.7 Å². The molecule has 0 spiro atoms. The lowest BCUT2D eigenvalue weighted by Gasteiger charge is -2.55. The van der Waals surface area contributed by atoms with Crippen molar-refractivity contribution in [1.82, 2.24) is 20.9 Å². The van der Waals surface area contributed by atoms with E-state index in [0.717, 1.165) is 4.90 Å². The Morgan fingerprint density at radius 3 is 2.21 bits per heavy atom. The molecule has 0 radical (unpaired) electrons. The van der Waals surface area contributed by atoms with Gasteiger partial charge in [0.25, 0.3) is 5.92 Å². The van der Waals surface area contributed by atoms with Crippen LogP contribution in [0, 0.1) is 17.3 Å². The van der Waals surface area contributed by atoms with Gasteiger partial charge < -0.3 is 20.9 Å². The van der Waals surface area contributed by atoms with Crippen molar-refractivity contribution in [1.29, 1.82) is 0 Å². The number of piperidine rings is 2. The number of nitrogens with zero attached hydrogens (tertiary/aromatic N) is 1. The van der Waals surface area contributed by atoms with Crippen molar-refractivity contribution >= 4 is 33.5 Å². The number of alkyl halides is 5. The van der Waals surface area contributed by atoms with Gasteiger partial charge in [-0.1, -0.05) is 20.8 Å². The van der Waals surface area contributed by atoms with Crippen LogP contribution in [-0.2, 0) is 29.0 Å². The monoisotopic (exact) mass is 632 g/mol. The van der Waals surface area contributed by atoms with Gasteiger partial charge >= 0.3 is 12.1 Å². The number of rotatable bonds is 8. The summed E-state index contributed by atoms with van der Waals surface area (Å²) in [6, 6.07) is -6.56.